The van der Waals surface area contributed by atoms with Crippen molar-refractivity contribution < 1.29 is 18.3 Å². The number of nitrogens with one attached hydrogen (secondary N) is 1. The number of halogens is 3. The molecular formula is C16H18BrF2N3O2. The molecule has 1 aromatic heterocycles. The van der Waals surface area contributed by atoms with Crippen LogP contribution in [0.25, 0.3) is 0 Å². The van der Waals surface area contributed by atoms with E-state index >= 15 is 0 Å². The molecule has 2 rings (SSSR count). The van der Waals surface area contributed by atoms with Crippen molar-refractivity contribution in [2.24, 2.45) is 0 Å². The standard InChI is InChI=1S/C16H18BrF2N3O2/c1-10-8-11(2)22(21-10)7-3-6-20-15(23)13-9-12(17)4-5-14(13)24-16(18)19/h4-5,8-9,16H,3,6-7H2,1-2H3,(H,20,23). The Bertz CT molecular complexity index is 719. The second-order valence-electron chi connectivity index (χ2n) is 5.28. The molecule has 0 atom stereocenters. The number of aryl methyl sites for hydroxylation is 3. The van der Waals surface area contributed by atoms with Gasteiger partial charge in [0.25, 0.3) is 5.91 Å². The summed E-state index contributed by atoms with van der Waals surface area (Å²) in [6.45, 7) is 1.97. The Labute approximate surface area is 147 Å². The van der Waals surface area contributed by atoms with E-state index in [1.165, 1.54) is 18.2 Å². The van der Waals surface area contributed by atoms with Crippen LogP contribution in [0.2, 0.25) is 0 Å². The first-order valence-electron chi connectivity index (χ1n) is 7.40. The summed E-state index contributed by atoms with van der Waals surface area (Å²) >= 11 is 3.22. The molecular weight excluding hydrogens is 384 g/mol. The normalized spacial score (nSPS) is 10.9. The van der Waals surface area contributed by atoms with Crippen molar-refractivity contribution >= 4 is 21.8 Å². The minimum Gasteiger partial charge on any atom is -0.434 e. The molecule has 1 amide bonds. The van der Waals surface area contributed by atoms with Gasteiger partial charge in [-0.15, -0.1) is 0 Å². The van der Waals surface area contributed by atoms with Crippen molar-refractivity contribution in [1.29, 1.82) is 0 Å². The molecule has 0 fully saturated rings. The molecule has 0 aliphatic rings. The Kier molecular flexibility index (Phi) is 6.30. The summed E-state index contributed by atoms with van der Waals surface area (Å²) < 4.78 is 31.7. The molecule has 1 heterocycles. The van der Waals surface area contributed by atoms with Gasteiger partial charge < -0.3 is 10.1 Å². The van der Waals surface area contributed by atoms with Crippen LogP contribution in [0.1, 0.15) is 28.2 Å². The van der Waals surface area contributed by atoms with Gasteiger partial charge in [-0.05, 0) is 44.5 Å². The second-order valence-corrected chi connectivity index (χ2v) is 6.19. The van der Waals surface area contributed by atoms with E-state index in [-0.39, 0.29) is 11.3 Å². The number of nitrogens with zero attached hydrogens (tertiary/aromatic N) is 2. The van der Waals surface area contributed by atoms with Crippen molar-refractivity contribution in [2.75, 3.05) is 6.54 Å². The Morgan fingerprint density at radius 2 is 2.12 bits per heavy atom. The van der Waals surface area contributed by atoms with Crippen molar-refractivity contribution in [1.82, 2.24) is 15.1 Å². The predicted octanol–water partition coefficient (Wildman–Crippen LogP) is 3.68. The topological polar surface area (TPSA) is 56.2 Å². The van der Waals surface area contributed by atoms with Crippen LogP contribution in [0.4, 0.5) is 8.78 Å². The molecule has 24 heavy (non-hydrogen) atoms. The van der Waals surface area contributed by atoms with E-state index in [9.17, 15) is 13.6 Å². The van der Waals surface area contributed by atoms with Gasteiger partial charge in [0.15, 0.2) is 0 Å². The molecule has 0 saturated carbocycles. The average Bonchev–Trinajstić information content (AvgIpc) is 2.82. The van der Waals surface area contributed by atoms with Crippen LogP contribution in [-0.2, 0) is 6.54 Å². The summed E-state index contributed by atoms with van der Waals surface area (Å²) in [6.07, 6.45) is 0.673. The van der Waals surface area contributed by atoms with E-state index in [1.807, 2.05) is 24.6 Å². The van der Waals surface area contributed by atoms with Crippen molar-refractivity contribution in [3.05, 3.63) is 45.7 Å². The molecule has 0 aliphatic carbocycles. The zero-order valence-electron chi connectivity index (χ0n) is 13.4. The van der Waals surface area contributed by atoms with E-state index in [4.69, 9.17) is 0 Å². The lowest BCUT2D eigenvalue weighted by Crippen LogP contribution is -2.26. The lowest BCUT2D eigenvalue weighted by atomic mass is 10.2. The molecule has 1 N–H and O–H groups in total. The van der Waals surface area contributed by atoms with E-state index < -0.39 is 12.5 Å². The zero-order valence-corrected chi connectivity index (χ0v) is 14.9. The third-order valence-corrected chi connectivity index (χ3v) is 3.83. The Balaban J connectivity index is 1.92. The number of carbonyl (C=O) groups excluding carboxylic acids is 1. The van der Waals surface area contributed by atoms with Crippen molar-refractivity contribution in [2.45, 2.75) is 33.4 Å². The van der Waals surface area contributed by atoms with Gasteiger partial charge in [0.2, 0.25) is 0 Å². The molecule has 0 saturated heterocycles. The summed E-state index contributed by atoms with van der Waals surface area (Å²) in [7, 11) is 0. The quantitative estimate of drug-likeness (QED) is 0.719. The fraction of sp³-hybridized carbons (Fsp3) is 0.375. The number of hydrogen-bond acceptors (Lipinski definition) is 3. The van der Waals surface area contributed by atoms with Crippen molar-refractivity contribution in [3.8, 4) is 5.75 Å². The fourth-order valence-electron chi connectivity index (χ4n) is 2.31. The van der Waals surface area contributed by atoms with Gasteiger partial charge in [-0.25, -0.2) is 0 Å². The highest BCUT2D eigenvalue weighted by Gasteiger charge is 2.16. The maximum Gasteiger partial charge on any atom is 0.387 e. The molecule has 0 aliphatic heterocycles. The first kappa shape index (κ1) is 18.4. The van der Waals surface area contributed by atoms with Crippen LogP contribution in [-0.4, -0.2) is 28.8 Å². The predicted molar refractivity (Wildman–Crippen MR) is 89.4 cm³/mol. The van der Waals surface area contributed by atoms with Gasteiger partial charge in [0.05, 0.1) is 11.3 Å². The first-order valence-corrected chi connectivity index (χ1v) is 8.19. The zero-order chi connectivity index (χ0) is 17.7. The summed E-state index contributed by atoms with van der Waals surface area (Å²) in [4.78, 5) is 12.2. The van der Waals surface area contributed by atoms with Crippen LogP contribution in [0, 0.1) is 13.8 Å². The van der Waals surface area contributed by atoms with Crippen LogP contribution in [0.5, 0.6) is 5.75 Å². The number of benzene rings is 1. The first-order chi connectivity index (χ1) is 11.4. The van der Waals surface area contributed by atoms with E-state index in [0.29, 0.717) is 24.0 Å². The largest absolute Gasteiger partial charge is 0.434 e. The Hall–Kier alpha value is -1.96. The van der Waals surface area contributed by atoms with Gasteiger partial charge in [0.1, 0.15) is 5.75 Å². The molecule has 0 unspecified atom stereocenters. The molecule has 0 bridgehead atoms. The number of hydrogen-bond donors (Lipinski definition) is 1. The van der Waals surface area contributed by atoms with E-state index in [0.717, 1.165) is 11.4 Å². The van der Waals surface area contributed by atoms with Crippen LogP contribution in [0.15, 0.2) is 28.7 Å². The Morgan fingerprint density at radius 3 is 2.75 bits per heavy atom. The van der Waals surface area contributed by atoms with Gasteiger partial charge >= 0.3 is 6.61 Å². The second kappa shape index (κ2) is 8.23. The van der Waals surface area contributed by atoms with Gasteiger partial charge in [-0.2, -0.15) is 13.9 Å². The highest BCUT2D eigenvalue weighted by Crippen LogP contribution is 2.24. The summed E-state index contributed by atoms with van der Waals surface area (Å²) in [5.74, 6) is -0.607. The third kappa shape index (κ3) is 5.02. The number of carbonyl (C=O) groups is 1. The molecule has 2 aromatic rings. The maximum atomic E-state index is 12.4. The molecule has 8 heteroatoms. The number of alkyl halides is 2. The Morgan fingerprint density at radius 1 is 1.38 bits per heavy atom. The highest BCUT2D eigenvalue weighted by molar-refractivity contribution is 9.10. The lowest BCUT2D eigenvalue weighted by molar-refractivity contribution is -0.0501. The number of aromatic nitrogens is 2. The van der Waals surface area contributed by atoms with Crippen LogP contribution in [0.3, 0.4) is 0 Å². The number of rotatable bonds is 7. The molecule has 0 radical (unpaired) electrons. The van der Waals surface area contributed by atoms with Gasteiger partial charge in [-0.1, -0.05) is 15.9 Å². The average molecular weight is 402 g/mol. The van der Waals surface area contributed by atoms with E-state index in [1.54, 1.807) is 0 Å². The molecule has 1 aromatic carbocycles. The van der Waals surface area contributed by atoms with Crippen LogP contribution < -0.4 is 10.1 Å². The SMILES string of the molecule is Cc1cc(C)n(CCCNC(=O)c2cc(Br)ccc2OC(F)F)n1. The smallest absolute Gasteiger partial charge is 0.387 e. The van der Waals surface area contributed by atoms with Gasteiger partial charge in [0, 0.05) is 23.3 Å². The summed E-state index contributed by atoms with van der Waals surface area (Å²) in [5.41, 5.74) is 2.06. The fourth-order valence-corrected chi connectivity index (χ4v) is 2.67. The monoisotopic (exact) mass is 401 g/mol. The van der Waals surface area contributed by atoms with Gasteiger partial charge in [-0.3, -0.25) is 9.48 Å². The number of amides is 1. The van der Waals surface area contributed by atoms with Crippen molar-refractivity contribution in [3.63, 3.8) is 0 Å². The molecule has 5 nitrogen and oxygen atoms in total. The molecule has 0 spiro atoms. The highest BCUT2D eigenvalue weighted by atomic mass is 79.9. The summed E-state index contributed by atoms with van der Waals surface area (Å²) in [5, 5.41) is 7.05. The van der Waals surface area contributed by atoms with Crippen LogP contribution >= 0.6 is 15.9 Å². The maximum absolute atomic E-state index is 12.4. The molecule has 130 valence electrons. The third-order valence-electron chi connectivity index (χ3n) is 3.34. The minimum absolute atomic E-state index is 0.0655. The lowest BCUT2D eigenvalue weighted by Gasteiger charge is -2.12. The minimum atomic E-state index is -2.98. The summed E-state index contributed by atoms with van der Waals surface area (Å²) in [6, 6.07) is 6.31. The van der Waals surface area contributed by atoms with E-state index in [2.05, 4.69) is 31.1 Å². The number of ether oxygens (including phenoxy) is 1.